The van der Waals surface area contributed by atoms with Gasteiger partial charge in [0.1, 0.15) is 17.3 Å². The molecule has 0 aromatic carbocycles. The maximum absolute atomic E-state index is 4.78. The molecule has 2 N–H and O–H groups in total. The van der Waals surface area contributed by atoms with E-state index in [1.54, 1.807) is 12.4 Å². The topological polar surface area (TPSA) is 83.3 Å². The number of piperidine rings is 1. The van der Waals surface area contributed by atoms with Gasteiger partial charge in [0.15, 0.2) is 0 Å². The summed E-state index contributed by atoms with van der Waals surface area (Å²) in [6.07, 6.45) is 11.1. The summed E-state index contributed by atoms with van der Waals surface area (Å²) in [5.74, 6) is 2.22. The third kappa shape index (κ3) is 4.03. The van der Waals surface area contributed by atoms with E-state index in [-0.39, 0.29) is 0 Å². The Bertz CT molecular complexity index is 1150. The van der Waals surface area contributed by atoms with E-state index in [0.29, 0.717) is 5.95 Å². The number of imidazole rings is 1. The zero-order valence-corrected chi connectivity index (χ0v) is 16.9. The van der Waals surface area contributed by atoms with E-state index in [4.69, 9.17) is 9.97 Å². The lowest BCUT2D eigenvalue weighted by atomic mass is 10.1. The monoisotopic (exact) mass is 400 g/mol. The number of fused-ring (bicyclic) bond motifs is 1. The summed E-state index contributed by atoms with van der Waals surface area (Å²) < 4.78 is 1.97. The molecule has 8 heteroatoms. The standard InChI is InChI=1S/C22H24N8/c1-16-5-6-18(15-24-16)26-22-27-19(14-21(28-22)29-9-3-2-4-10-29)25-17-7-11-30-12-8-23-20(30)13-17/h5-8,11-15H,2-4,9-10H2,1H3,(H2,25,26,27,28). The van der Waals surface area contributed by atoms with Gasteiger partial charge in [-0.2, -0.15) is 9.97 Å². The molecule has 0 unspecified atom stereocenters. The molecule has 1 saturated heterocycles. The molecule has 0 atom stereocenters. The van der Waals surface area contributed by atoms with Gasteiger partial charge < -0.3 is 19.9 Å². The molecule has 5 rings (SSSR count). The molecule has 30 heavy (non-hydrogen) atoms. The Morgan fingerprint density at radius 3 is 2.60 bits per heavy atom. The lowest BCUT2D eigenvalue weighted by Crippen LogP contribution is -2.30. The van der Waals surface area contributed by atoms with Crippen molar-refractivity contribution in [1.82, 2.24) is 24.3 Å². The molecule has 5 heterocycles. The Morgan fingerprint density at radius 1 is 0.867 bits per heavy atom. The van der Waals surface area contributed by atoms with Crippen LogP contribution in [0.1, 0.15) is 25.0 Å². The van der Waals surface area contributed by atoms with E-state index < -0.39 is 0 Å². The van der Waals surface area contributed by atoms with Gasteiger partial charge in [0.25, 0.3) is 0 Å². The predicted octanol–water partition coefficient (Wildman–Crippen LogP) is 4.31. The first-order valence-electron chi connectivity index (χ1n) is 10.3. The van der Waals surface area contributed by atoms with E-state index in [1.165, 1.54) is 19.3 Å². The van der Waals surface area contributed by atoms with Crippen LogP contribution in [-0.2, 0) is 0 Å². The van der Waals surface area contributed by atoms with Crippen molar-refractivity contribution in [1.29, 1.82) is 0 Å². The second kappa shape index (κ2) is 7.98. The Labute approximate surface area is 175 Å². The van der Waals surface area contributed by atoms with Crippen molar-refractivity contribution in [2.24, 2.45) is 0 Å². The van der Waals surface area contributed by atoms with E-state index in [9.17, 15) is 0 Å². The molecule has 1 aliphatic rings. The number of rotatable bonds is 5. The molecule has 1 aliphatic heterocycles. The Kier molecular flexibility index (Phi) is 4.88. The van der Waals surface area contributed by atoms with Crippen LogP contribution in [0.15, 0.2) is 55.1 Å². The molecular weight excluding hydrogens is 376 g/mol. The lowest BCUT2D eigenvalue weighted by molar-refractivity contribution is 0.573. The van der Waals surface area contributed by atoms with Crippen LogP contribution in [0.3, 0.4) is 0 Å². The first-order valence-corrected chi connectivity index (χ1v) is 10.3. The first kappa shape index (κ1) is 18.4. The van der Waals surface area contributed by atoms with Crippen molar-refractivity contribution < 1.29 is 0 Å². The number of aryl methyl sites for hydroxylation is 1. The Morgan fingerprint density at radius 2 is 1.77 bits per heavy atom. The Balaban J connectivity index is 1.46. The summed E-state index contributed by atoms with van der Waals surface area (Å²) in [6, 6.07) is 9.97. The molecule has 0 bridgehead atoms. The van der Waals surface area contributed by atoms with Crippen LogP contribution >= 0.6 is 0 Å². The van der Waals surface area contributed by atoms with Gasteiger partial charge in [-0.15, -0.1) is 0 Å². The molecule has 0 saturated carbocycles. The van der Waals surface area contributed by atoms with Crippen LogP contribution in [0.2, 0.25) is 0 Å². The molecule has 0 spiro atoms. The van der Waals surface area contributed by atoms with E-state index in [2.05, 4.69) is 25.5 Å². The smallest absolute Gasteiger partial charge is 0.231 e. The number of pyridine rings is 2. The minimum absolute atomic E-state index is 0.549. The zero-order chi connectivity index (χ0) is 20.3. The number of hydrogen-bond acceptors (Lipinski definition) is 7. The minimum Gasteiger partial charge on any atom is -0.356 e. The SMILES string of the molecule is Cc1ccc(Nc2nc(Nc3ccn4ccnc4c3)cc(N3CCCCC3)n2)cn1. The summed E-state index contributed by atoms with van der Waals surface area (Å²) in [6.45, 7) is 4.00. The summed E-state index contributed by atoms with van der Waals surface area (Å²) >= 11 is 0. The highest BCUT2D eigenvalue weighted by Crippen LogP contribution is 2.25. The highest BCUT2D eigenvalue weighted by atomic mass is 15.2. The summed E-state index contributed by atoms with van der Waals surface area (Å²) in [7, 11) is 0. The van der Waals surface area contributed by atoms with Crippen LogP contribution in [0, 0.1) is 6.92 Å². The first-order chi connectivity index (χ1) is 14.7. The van der Waals surface area contributed by atoms with Gasteiger partial charge in [-0.3, -0.25) is 4.98 Å². The fraction of sp³-hybridized carbons (Fsp3) is 0.273. The third-order valence-corrected chi connectivity index (χ3v) is 5.23. The van der Waals surface area contributed by atoms with E-state index in [0.717, 1.165) is 47.4 Å². The highest BCUT2D eigenvalue weighted by Gasteiger charge is 2.15. The predicted molar refractivity (Wildman–Crippen MR) is 119 cm³/mol. The van der Waals surface area contributed by atoms with Gasteiger partial charge in [0, 0.05) is 55.2 Å². The fourth-order valence-corrected chi connectivity index (χ4v) is 3.65. The van der Waals surface area contributed by atoms with Gasteiger partial charge >= 0.3 is 0 Å². The largest absolute Gasteiger partial charge is 0.356 e. The normalized spacial score (nSPS) is 14.1. The van der Waals surface area contributed by atoms with Crippen molar-refractivity contribution in [3.05, 3.63) is 60.8 Å². The Hall–Kier alpha value is -3.68. The van der Waals surface area contributed by atoms with Crippen LogP contribution in [-0.4, -0.2) is 37.4 Å². The van der Waals surface area contributed by atoms with Crippen LogP contribution in [0.4, 0.5) is 29.0 Å². The van der Waals surface area contributed by atoms with Crippen molar-refractivity contribution >= 4 is 34.6 Å². The van der Waals surface area contributed by atoms with Crippen molar-refractivity contribution in [3.63, 3.8) is 0 Å². The second-order valence-electron chi connectivity index (χ2n) is 7.53. The number of aromatic nitrogens is 5. The minimum atomic E-state index is 0.549. The third-order valence-electron chi connectivity index (χ3n) is 5.23. The maximum atomic E-state index is 4.78. The van der Waals surface area contributed by atoms with Gasteiger partial charge in [0.2, 0.25) is 5.95 Å². The molecule has 1 fully saturated rings. The lowest BCUT2D eigenvalue weighted by Gasteiger charge is -2.28. The molecule has 0 radical (unpaired) electrons. The van der Waals surface area contributed by atoms with Crippen molar-refractivity contribution in [3.8, 4) is 0 Å². The molecule has 4 aromatic heterocycles. The van der Waals surface area contributed by atoms with Crippen LogP contribution in [0.5, 0.6) is 0 Å². The summed E-state index contributed by atoms with van der Waals surface area (Å²) in [4.78, 5) is 20.5. The van der Waals surface area contributed by atoms with Gasteiger partial charge in [0.05, 0.1) is 11.9 Å². The van der Waals surface area contributed by atoms with Gasteiger partial charge in [-0.05, 0) is 44.4 Å². The number of hydrogen-bond donors (Lipinski definition) is 2. The summed E-state index contributed by atoms with van der Waals surface area (Å²) in [5, 5.41) is 6.71. The van der Waals surface area contributed by atoms with Gasteiger partial charge in [-0.1, -0.05) is 0 Å². The average Bonchev–Trinajstić information content (AvgIpc) is 3.24. The average molecular weight is 400 g/mol. The molecule has 152 valence electrons. The van der Waals surface area contributed by atoms with E-state index >= 15 is 0 Å². The molecule has 0 aliphatic carbocycles. The van der Waals surface area contributed by atoms with Crippen LogP contribution in [0.25, 0.3) is 5.65 Å². The summed E-state index contributed by atoms with van der Waals surface area (Å²) in [5.41, 5.74) is 3.65. The van der Waals surface area contributed by atoms with E-state index in [1.807, 2.05) is 54.0 Å². The number of nitrogens with one attached hydrogen (secondary N) is 2. The molecule has 4 aromatic rings. The quantitative estimate of drug-likeness (QED) is 0.517. The zero-order valence-electron chi connectivity index (χ0n) is 16.9. The highest BCUT2D eigenvalue weighted by molar-refractivity contribution is 5.66. The second-order valence-corrected chi connectivity index (χ2v) is 7.53. The van der Waals surface area contributed by atoms with Crippen molar-refractivity contribution in [2.75, 3.05) is 28.6 Å². The number of nitrogens with zero attached hydrogens (tertiary/aromatic N) is 6. The maximum Gasteiger partial charge on any atom is 0.231 e. The number of anilines is 5. The molecule has 0 amide bonds. The van der Waals surface area contributed by atoms with Crippen LogP contribution < -0.4 is 15.5 Å². The fourth-order valence-electron chi connectivity index (χ4n) is 3.65. The van der Waals surface area contributed by atoms with Gasteiger partial charge in [-0.25, -0.2) is 4.98 Å². The molecular formula is C22H24N8. The molecule has 8 nitrogen and oxygen atoms in total. The van der Waals surface area contributed by atoms with Crippen molar-refractivity contribution in [2.45, 2.75) is 26.2 Å².